The van der Waals surface area contributed by atoms with Gasteiger partial charge in [0.1, 0.15) is 12.4 Å². The van der Waals surface area contributed by atoms with Gasteiger partial charge in [0.05, 0.1) is 16.9 Å². The molecule has 0 radical (unpaired) electrons. The number of carbonyl (C=O) groups is 1. The molecule has 0 aliphatic carbocycles. The molecule has 0 aliphatic rings. The van der Waals surface area contributed by atoms with Crippen molar-refractivity contribution in [2.24, 2.45) is 0 Å². The number of hydrogen-bond acceptors (Lipinski definition) is 6. The fourth-order valence-electron chi connectivity index (χ4n) is 2.38. The molecule has 0 unspecified atom stereocenters. The first kappa shape index (κ1) is 19.1. The fourth-order valence-corrected chi connectivity index (χ4v) is 2.38. The molecule has 0 aliphatic heterocycles. The van der Waals surface area contributed by atoms with Crippen molar-refractivity contribution >= 4 is 23.4 Å². The number of pyridine rings is 1. The lowest BCUT2D eigenvalue weighted by atomic mass is 10.1. The number of nitrogens with one attached hydrogen (secondary N) is 2. The number of hydrogen-bond donors (Lipinski definition) is 3. The van der Waals surface area contributed by atoms with Crippen molar-refractivity contribution in [2.45, 2.75) is 6.18 Å². The molecule has 0 saturated carbocycles. The van der Waals surface area contributed by atoms with E-state index in [0.717, 1.165) is 6.07 Å². The molecule has 144 valence electrons. The summed E-state index contributed by atoms with van der Waals surface area (Å²) in [5.41, 5.74) is -0.0787. The van der Waals surface area contributed by atoms with Crippen LogP contribution in [0.4, 0.5) is 30.6 Å². The number of anilines is 3. The molecule has 0 spiro atoms. The van der Waals surface area contributed by atoms with E-state index in [1.54, 1.807) is 18.3 Å². The lowest BCUT2D eigenvalue weighted by Gasteiger charge is -2.15. The standard InChI is InChI=1S/C18H14F3N5O2/c19-18(20,21)12-5-1-2-6-13(12)24-15-8-14(11-4-3-7-22-9-11)25-17(26-15)23-10-16(27)28/h1-9H,10H2,(H,27,28)(H2,23,24,25,26). The first-order chi connectivity index (χ1) is 13.3. The Morgan fingerprint density at radius 1 is 1.11 bits per heavy atom. The zero-order valence-corrected chi connectivity index (χ0v) is 14.2. The minimum Gasteiger partial charge on any atom is -0.480 e. The molecule has 2 aromatic heterocycles. The van der Waals surface area contributed by atoms with E-state index in [-0.39, 0.29) is 17.5 Å². The number of para-hydroxylation sites is 1. The smallest absolute Gasteiger partial charge is 0.418 e. The van der Waals surface area contributed by atoms with E-state index in [4.69, 9.17) is 5.11 Å². The number of carboxylic acid groups (broad SMARTS) is 1. The van der Waals surface area contributed by atoms with Crippen molar-refractivity contribution in [3.05, 3.63) is 60.4 Å². The summed E-state index contributed by atoms with van der Waals surface area (Å²) in [6, 6.07) is 9.82. The molecule has 0 atom stereocenters. The summed E-state index contributed by atoms with van der Waals surface area (Å²) in [6.07, 6.45) is -1.46. The number of rotatable bonds is 6. The third kappa shape index (κ3) is 4.72. The second kappa shape index (κ2) is 7.91. The van der Waals surface area contributed by atoms with Gasteiger partial charge in [-0.15, -0.1) is 0 Å². The van der Waals surface area contributed by atoms with Crippen LogP contribution in [0, 0.1) is 0 Å². The molecular formula is C18H14F3N5O2. The number of halogens is 3. The average molecular weight is 389 g/mol. The molecule has 7 nitrogen and oxygen atoms in total. The van der Waals surface area contributed by atoms with E-state index in [1.165, 1.54) is 30.5 Å². The van der Waals surface area contributed by atoms with Crippen LogP contribution >= 0.6 is 0 Å². The normalized spacial score (nSPS) is 11.1. The second-order valence-corrected chi connectivity index (χ2v) is 5.62. The van der Waals surface area contributed by atoms with Crippen molar-refractivity contribution in [3.8, 4) is 11.3 Å². The molecule has 10 heteroatoms. The Morgan fingerprint density at radius 3 is 2.57 bits per heavy atom. The van der Waals surface area contributed by atoms with Gasteiger partial charge in [0.2, 0.25) is 5.95 Å². The Kier molecular flexibility index (Phi) is 5.39. The van der Waals surface area contributed by atoms with Crippen LogP contribution in [0.2, 0.25) is 0 Å². The van der Waals surface area contributed by atoms with Gasteiger partial charge in [0.15, 0.2) is 0 Å². The van der Waals surface area contributed by atoms with Gasteiger partial charge in [-0.1, -0.05) is 12.1 Å². The highest BCUT2D eigenvalue weighted by Crippen LogP contribution is 2.36. The molecular weight excluding hydrogens is 375 g/mol. The van der Waals surface area contributed by atoms with E-state index in [9.17, 15) is 18.0 Å². The third-order valence-electron chi connectivity index (χ3n) is 3.58. The monoisotopic (exact) mass is 389 g/mol. The third-order valence-corrected chi connectivity index (χ3v) is 3.58. The van der Waals surface area contributed by atoms with Gasteiger partial charge < -0.3 is 15.7 Å². The van der Waals surface area contributed by atoms with Crippen LogP contribution in [-0.4, -0.2) is 32.6 Å². The summed E-state index contributed by atoms with van der Waals surface area (Å²) in [7, 11) is 0. The molecule has 28 heavy (non-hydrogen) atoms. The number of aromatic nitrogens is 3. The largest absolute Gasteiger partial charge is 0.480 e. The number of nitrogens with zero attached hydrogens (tertiary/aromatic N) is 3. The minimum atomic E-state index is -4.55. The SMILES string of the molecule is O=C(O)CNc1nc(Nc2ccccc2C(F)(F)F)cc(-c2cccnc2)n1. The van der Waals surface area contributed by atoms with Crippen molar-refractivity contribution in [3.63, 3.8) is 0 Å². The van der Waals surface area contributed by atoms with Gasteiger partial charge in [-0.05, 0) is 24.3 Å². The zero-order valence-electron chi connectivity index (χ0n) is 14.2. The Bertz CT molecular complexity index is 980. The van der Waals surface area contributed by atoms with Crippen LogP contribution in [0.5, 0.6) is 0 Å². The predicted octanol–water partition coefficient (Wildman–Crippen LogP) is 3.80. The van der Waals surface area contributed by atoms with Gasteiger partial charge in [0, 0.05) is 24.0 Å². The molecule has 0 saturated heterocycles. The summed E-state index contributed by atoms with van der Waals surface area (Å²) >= 11 is 0. The van der Waals surface area contributed by atoms with Crippen molar-refractivity contribution in [1.82, 2.24) is 15.0 Å². The molecule has 0 fully saturated rings. The van der Waals surface area contributed by atoms with Gasteiger partial charge in [-0.2, -0.15) is 18.2 Å². The quantitative estimate of drug-likeness (QED) is 0.590. The van der Waals surface area contributed by atoms with E-state index in [1.807, 2.05) is 0 Å². The molecule has 1 aromatic carbocycles. The number of alkyl halides is 3. The number of aliphatic carboxylic acids is 1. The summed E-state index contributed by atoms with van der Waals surface area (Å²) in [5.74, 6) is -1.11. The van der Waals surface area contributed by atoms with Crippen molar-refractivity contribution < 1.29 is 23.1 Å². The summed E-state index contributed by atoms with van der Waals surface area (Å²) in [5, 5.41) is 14.0. The Balaban J connectivity index is 2.01. The van der Waals surface area contributed by atoms with Crippen LogP contribution in [-0.2, 0) is 11.0 Å². The maximum absolute atomic E-state index is 13.2. The van der Waals surface area contributed by atoms with E-state index in [2.05, 4.69) is 25.6 Å². The second-order valence-electron chi connectivity index (χ2n) is 5.62. The predicted molar refractivity (Wildman–Crippen MR) is 96.1 cm³/mol. The molecule has 3 rings (SSSR count). The van der Waals surface area contributed by atoms with Crippen LogP contribution < -0.4 is 10.6 Å². The van der Waals surface area contributed by atoms with E-state index >= 15 is 0 Å². The zero-order chi connectivity index (χ0) is 20.1. The van der Waals surface area contributed by atoms with Gasteiger partial charge in [0.25, 0.3) is 0 Å². The minimum absolute atomic E-state index is 0.0456. The topological polar surface area (TPSA) is 100 Å². The number of benzene rings is 1. The average Bonchev–Trinajstić information content (AvgIpc) is 2.66. The highest BCUT2D eigenvalue weighted by Gasteiger charge is 2.33. The van der Waals surface area contributed by atoms with Gasteiger partial charge in [-0.3, -0.25) is 9.78 Å². The first-order valence-corrected chi connectivity index (χ1v) is 8.01. The Morgan fingerprint density at radius 2 is 1.89 bits per heavy atom. The summed E-state index contributed by atoms with van der Waals surface area (Å²) < 4.78 is 39.7. The van der Waals surface area contributed by atoms with Crippen LogP contribution in [0.3, 0.4) is 0 Å². The van der Waals surface area contributed by atoms with Gasteiger partial charge >= 0.3 is 12.1 Å². The van der Waals surface area contributed by atoms with E-state index < -0.39 is 24.3 Å². The maximum atomic E-state index is 13.2. The lowest BCUT2D eigenvalue weighted by Crippen LogP contribution is -2.15. The van der Waals surface area contributed by atoms with Crippen LogP contribution in [0.1, 0.15) is 5.56 Å². The maximum Gasteiger partial charge on any atom is 0.418 e. The molecule has 3 aromatic rings. The van der Waals surface area contributed by atoms with Crippen molar-refractivity contribution in [1.29, 1.82) is 0 Å². The Labute approximate surface area is 157 Å². The number of carboxylic acids is 1. The van der Waals surface area contributed by atoms with Gasteiger partial charge in [-0.25, -0.2) is 4.98 Å². The Hall–Kier alpha value is -3.69. The summed E-state index contributed by atoms with van der Waals surface area (Å²) in [4.78, 5) is 23.0. The van der Waals surface area contributed by atoms with Crippen LogP contribution in [0.25, 0.3) is 11.3 Å². The lowest BCUT2D eigenvalue weighted by molar-refractivity contribution is -0.137. The molecule has 0 bridgehead atoms. The van der Waals surface area contributed by atoms with Crippen LogP contribution in [0.15, 0.2) is 54.9 Å². The fraction of sp³-hybridized carbons (Fsp3) is 0.111. The van der Waals surface area contributed by atoms with Crippen molar-refractivity contribution in [2.75, 3.05) is 17.2 Å². The highest BCUT2D eigenvalue weighted by molar-refractivity contribution is 5.73. The first-order valence-electron chi connectivity index (χ1n) is 8.01. The molecule has 3 N–H and O–H groups in total. The molecule has 0 amide bonds. The molecule has 2 heterocycles. The van der Waals surface area contributed by atoms with E-state index in [0.29, 0.717) is 11.3 Å². The summed E-state index contributed by atoms with van der Waals surface area (Å²) in [6.45, 7) is -0.449. The highest BCUT2D eigenvalue weighted by atomic mass is 19.4.